The SMILES string of the molecule is CC(C)(N1CC1C#N)N1CC1C(N)=O.CC(C)CC(NC(=O)[C@@H](O)[C@H](N)Cc1ccccc1)C(=O)O. The number of nitrogens with two attached hydrogens (primary N) is 2. The number of carboxylic acids is 1. The van der Waals surface area contributed by atoms with Crippen LogP contribution < -0.4 is 16.8 Å². The molecule has 0 aromatic heterocycles. The molecule has 11 nitrogen and oxygen atoms in total. The molecule has 2 heterocycles. The molecule has 2 fully saturated rings. The lowest BCUT2D eigenvalue weighted by atomic mass is 10.00. The Morgan fingerprint density at radius 2 is 1.81 bits per heavy atom. The van der Waals surface area contributed by atoms with Crippen molar-refractivity contribution in [3.8, 4) is 6.07 Å². The highest BCUT2D eigenvalue weighted by Gasteiger charge is 2.56. The molecule has 7 N–H and O–H groups in total. The van der Waals surface area contributed by atoms with Crippen LogP contribution in [0.1, 0.15) is 39.7 Å². The van der Waals surface area contributed by atoms with Crippen LogP contribution in [0.4, 0.5) is 0 Å². The quantitative estimate of drug-likeness (QED) is 0.252. The van der Waals surface area contributed by atoms with E-state index >= 15 is 0 Å². The minimum absolute atomic E-state index is 0.0131. The Morgan fingerprint density at radius 1 is 1.19 bits per heavy atom. The fourth-order valence-electron chi connectivity index (χ4n) is 4.15. The van der Waals surface area contributed by atoms with Crippen molar-refractivity contribution < 1.29 is 24.6 Å². The standard InChI is InChI=1S/C16H24N2O4.C9H14N4O/c1-10(2)8-13(16(21)22)18-15(20)14(19)12(17)9-11-6-4-3-5-7-11;1-9(2,12-4-6(12)3-10)13-5-7(13)8(11)14/h3-7,10,12-14,19H,8-9,17H2,1-2H3,(H,18,20)(H,21,22);6-7H,4-5H2,1-2H3,(H2,11,14)/t12-,13?,14+;/m1./s1. The van der Waals surface area contributed by atoms with Gasteiger partial charge < -0.3 is 27.0 Å². The van der Waals surface area contributed by atoms with Crippen molar-refractivity contribution >= 4 is 17.8 Å². The second kappa shape index (κ2) is 12.3. The highest BCUT2D eigenvalue weighted by atomic mass is 16.4. The van der Waals surface area contributed by atoms with Crippen LogP contribution in [-0.2, 0) is 20.8 Å². The zero-order valence-corrected chi connectivity index (χ0v) is 21.3. The summed E-state index contributed by atoms with van der Waals surface area (Å²) in [5.41, 5.74) is 11.7. The Hall–Kier alpha value is -3.04. The predicted molar refractivity (Wildman–Crippen MR) is 133 cm³/mol. The fourth-order valence-corrected chi connectivity index (χ4v) is 4.15. The molecule has 0 aliphatic carbocycles. The molecule has 0 spiro atoms. The molecule has 7 atom stereocenters. The molecule has 1 aromatic carbocycles. The van der Waals surface area contributed by atoms with Crippen molar-refractivity contribution in [1.29, 1.82) is 5.26 Å². The minimum Gasteiger partial charge on any atom is -0.480 e. The lowest BCUT2D eigenvalue weighted by Gasteiger charge is -2.28. The van der Waals surface area contributed by atoms with Crippen LogP contribution in [0.5, 0.6) is 0 Å². The third-order valence-electron chi connectivity index (χ3n) is 6.42. The molecule has 3 rings (SSSR count). The van der Waals surface area contributed by atoms with Crippen LogP contribution in [0.15, 0.2) is 30.3 Å². The van der Waals surface area contributed by atoms with Gasteiger partial charge in [-0.2, -0.15) is 5.26 Å². The minimum atomic E-state index is -1.45. The molecular formula is C25H38N6O5. The van der Waals surface area contributed by atoms with Crippen molar-refractivity contribution in [1.82, 2.24) is 15.1 Å². The maximum atomic E-state index is 12.0. The Bertz CT molecular complexity index is 963. The Labute approximate surface area is 212 Å². The van der Waals surface area contributed by atoms with Gasteiger partial charge in [-0.05, 0) is 38.2 Å². The second-order valence-corrected chi connectivity index (χ2v) is 10.2. The van der Waals surface area contributed by atoms with Gasteiger partial charge in [-0.1, -0.05) is 44.2 Å². The van der Waals surface area contributed by atoms with Crippen LogP contribution in [0.3, 0.4) is 0 Å². The van der Waals surface area contributed by atoms with Gasteiger partial charge in [0.1, 0.15) is 24.2 Å². The number of rotatable bonds is 11. The molecule has 2 aliphatic heterocycles. The largest absolute Gasteiger partial charge is 0.480 e. The summed E-state index contributed by atoms with van der Waals surface area (Å²) < 4.78 is 0. The number of nitrogens with one attached hydrogen (secondary N) is 1. The number of hydrogen-bond donors (Lipinski definition) is 5. The topological polar surface area (TPSA) is 186 Å². The van der Waals surface area contributed by atoms with Gasteiger partial charge in [0.05, 0.1) is 11.7 Å². The first-order chi connectivity index (χ1) is 16.8. The van der Waals surface area contributed by atoms with E-state index in [1.54, 1.807) is 0 Å². The number of nitrogens with zero attached hydrogens (tertiary/aromatic N) is 3. The number of aliphatic hydroxyl groups excluding tert-OH is 1. The van der Waals surface area contributed by atoms with Crippen LogP contribution in [-0.4, -0.2) is 86.8 Å². The van der Waals surface area contributed by atoms with E-state index in [1.165, 1.54) is 0 Å². The number of primary amides is 1. The summed E-state index contributed by atoms with van der Waals surface area (Å²) >= 11 is 0. The number of carboxylic acid groups (broad SMARTS) is 1. The molecule has 5 unspecified atom stereocenters. The Morgan fingerprint density at radius 3 is 2.25 bits per heavy atom. The van der Waals surface area contributed by atoms with E-state index in [4.69, 9.17) is 21.8 Å². The van der Waals surface area contributed by atoms with Gasteiger partial charge in [0.2, 0.25) is 5.91 Å². The molecule has 2 saturated heterocycles. The monoisotopic (exact) mass is 502 g/mol. The van der Waals surface area contributed by atoms with Gasteiger partial charge in [0, 0.05) is 19.1 Å². The van der Waals surface area contributed by atoms with Gasteiger partial charge in [0.25, 0.3) is 5.91 Å². The molecule has 0 bridgehead atoms. The molecule has 11 heteroatoms. The average molecular weight is 503 g/mol. The first-order valence-corrected chi connectivity index (χ1v) is 12.0. The summed E-state index contributed by atoms with van der Waals surface area (Å²) in [7, 11) is 0. The van der Waals surface area contributed by atoms with Crippen LogP contribution in [0.25, 0.3) is 0 Å². The van der Waals surface area contributed by atoms with Gasteiger partial charge in [-0.25, -0.2) is 4.79 Å². The van der Waals surface area contributed by atoms with Gasteiger partial charge in [-0.15, -0.1) is 0 Å². The summed E-state index contributed by atoms with van der Waals surface area (Å²) in [6, 6.07) is 9.52. The molecule has 0 saturated carbocycles. The first-order valence-electron chi connectivity index (χ1n) is 12.0. The Kier molecular flexibility index (Phi) is 9.95. The summed E-state index contributed by atoms with van der Waals surface area (Å²) in [6.45, 7) is 9.28. The van der Waals surface area contributed by atoms with Crippen molar-refractivity contribution in [3.05, 3.63) is 35.9 Å². The van der Waals surface area contributed by atoms with Gasteiger partial charge in [0.15, 0.2) is 0 Å². The van der Waals surface area contributed by atoms with Gasteiger partial charge >= 0.3 is 5.97 Å². The fraction of sp³-hybridized carbons (Fsp3) is 0.600. The summed E-state index contributed by atoms with van der Waals surface area (Å²) in [6.07, 6.45) is -0.826. The van der Waals surface area contributed by atoms with E-state index in [0.29, 0.717) is 12.8 Å². The Balaban J connectivity index is 0.000000278. The number of aliphatic hydroxyl groups is 1. The predicted octanol–water partition coefficient (Wildman–Crippen LogP) is -0.367. The van der Waals surface area contributed by atoms with E-state index < -0.39 is 30.1 Å². The maximum absolute atomic E-state index is 12.0. The normalized spacial score (nSPS) is 24.8. The van der Waals surface area contributed by atoms with Crippen LogP contribution >= 0.6 is 0 Å². The highest BCUT2D eigenvalue weighted by Crippen LogP contribution is 2.38. The number of benzene rings is 1. The zero-order valence-electron chi connectivity index (χ0n) is 21.3. The van der Waals surface area contributed by atoms with Crippen molar-refractivity contribution in [2.45, 2.75) is 76.5 Å². The van der Waals surface area contributed by atoms with Crippen molar-refractivity contribution in [2.75, 3.05) is 13.1 Å². The third-order valence-corrected chi connectivity index (χ3v) is 6.42. The average Bonchev–Trinajstić information content (AvgIpc) is 3.71. The number of nitriles is 1. The number of aliphatic carboxylic acids is 1. The van der Waals surface area contributed by atoms with E-state index in [1.807, 2.05) is 62.9 Å². The number of amides is 2. The molecule has 1 aromatic rings. The lowest BCUT2D eigenvalue weighted by Crippen LogP contribution is -2.52. The zero-order chi connectivity index (χ0) is 27.2. The maximum Gasteiger partial charge on any atom is 0.326 e. The van der Waals surface area contributed by atoms with E-state index in [0.717, 1.165) is 18.7 Å². The summed E-state index contributed by atoms with van der Waals surface area (Å²) in [4.78, 5) is 38.1. The summed E-state index contributed by atoms with van der Waals surface area (Å²) in [5.74, 6) is -2.03. The van der Waals surface area contributed by atoms with Crippen LogP contribution in [0, 0.1) is 17.2 Å². The summed E-state index contributed by atoms with van der Waals surface area (Å²) in [5, 5.41) is 30.1. The van der Waals surface area contributed by atoms with Gasteiger partial charge in [-0.3, -0.25) is 19.4 Å². The molecular weight excluding hydrogens is 464 g/mol. The second-order valence-electron chi connectivity index (χ2n) is 10.2. The number of carbonyl (C=O) groups excluding carboxylic acids is 2. The number of hydrogen-bond acceptors (Lipinski definition) is 8. The molecule has 2 amide bonds. The third kappa shape index (κ3) is 7.99. The number of carbonyl (C=O) groups is 3. The lowest BCUT2D eigenvalue weighted by molar-refractivity contribution is -0.144. The van der Waals surface area contributed by atoms with E-state index in [2.05, 4.69) is 16.3 Å². The van der Waals surface area contributed by atoms with E-state index in [9.17, 15) is 19.5 Å². The first kappa shape index (κ1) is 29.2. The highest BCUT2D eigenvalue weighted by molar-refractivity contribution is 5.86. The molecule has 0 radical (unpaired) electrons. The van der Waals surface area contributed by atoms with Crippen molar-refractivity contribution in [2.24, 2.45) is 17.4 Å². The van der Waals surface area contributed by atoms with E-state index in [-0.39, 0.29) is 29.6 Å². The molecule has 2 aliphatic rings. The van der Waals surface area contributed by atoms with Crippen LogP contribution in [0.2, 0.25) is 0 Å². The molecule has 198 valence electrons. The van der Waals surface area contributed by atoms with Crippen molar-refractivity contribution in [3.63, 3.8) is 0 Å². The molecule has 36 heavy (non-hydrogen) atoms. The smallest absolute Gasteiger partial charge is 0.326 e.